The van der Waals surface area contributed by atoms with Gasteiger partial charge in [0.2, 0.25) is 11.5 Å². The molecule has 4 heterocycles. The normalized spacial score (nSPS) is 15.9. The number of sulfone groups is 1. The van der Waals surface area contributed by atoms with Gasteiger partial charge < -0.3 is 18.9 Å². The fourth-order valence-corrected chi connectivity index (χ4v) is 5.87. The molecule has 13 heteroatoms. The van der Waals surface area contributed by atoms with Crippen molar-refractivity contribution < 1.29 is 27.4 Å². The van der Waals surface area contributed by atoms with E-state index in [0.29, 0.717) is 65.4 Å². The number of methoxy groups -OCH3 is 2. The van der Waals surface area contributed by atoms with Crippen molar-refractivity contribution in [2.45, 2.75) is 24.5 Å². The lowest BCUT2D eigenvalue weighted by atomic mass is 10.2. The number of nitrogens with zero attached hydrogens (tertiary/aromatic N) is 5. The zero-order valence-electron chi connectivity index (χ0n) is 21.2. The highest BCUT2D eigenvalue weighted by Gasteiger charge is 2.29. The third-order valence-corrected chi connectivity index (χ3v) is 8.03. The first-order valence-electron chi connectivity index (χ1n) is 12.0. The zero-order valence-corrected chi connectivity index (χ0v) is 22.1. The van der Waals surface area contributed by atoms with Crippen LogP contribution in [0.2, 0.25) is 0 Å². The molecule has 1 atom stereocenters. The van der Waals surface area contributed by atoms with Gasteiger partial charge in [-0.15, -0.1) is 5.10 Å². The molecule has 4 aromatic rings. The van der Waals surface area contributed by atoms with Crippen molar-refractivity contribution in [1.29, 1.82) is 0 Å². The van der Waals surface area contributed by atoms with Gasteiger partial charge in [-0.2, -0.15) is 5.10 Å². The van der Waals surface area contributed by atoms with Crippen LogP contribution in [0.4, 0.5) is 0 Å². The molecule has 1 saturated heterocycles. The highest BCUT2D eigenvalue weighted by atomic mass is 32.2. The van der Waals surface area contributed by atoms with E-state index in [9.17, 15) is 8.42 Å². The van der Waals surface area contributed by atoms with Crippen LogP contribution in [0.3, 0.4) is 0 Å². The van der Waals surface area contributed by atoms with E-state index in [-0.39, 0.29) is 18.2 Å². The topological polar surface area (TPSA) is 140 Å². The SMILES string of the molecule is CCOc1cccc(-c2nc3nnc(CS(=O)(=O)C4CCOCN4)cc3n2-c2c(OC)cccc2OC)n1. The summed E-state index contributed by atoms with van der Waals surface area (Å²) in [4.78, 5) is 9.34. The second-order valence-electron chi connectivity index (χ2n) is 8.46. The number of pyridine rings is 1. The molecule has 200 valence electrons. The van der Waals surface area contributed by atoms with Crippen LogP contribution in [-0.2, 0) is 20.3 Å². The van der Waals surface area contributed by atoms with Crippen molar-refractivity contribution in [3.63, 3.8) is 0 Å². The van der Waals surface area contributed by atoms with Gasteiger partial charge >= 0.3 is 0 Å². The Kier molecular flexibility index (Phi) is 7.40. The summed E-state index contributed by atoms with van der Waals surface area (Å²) in [6.07, 6.45) is 0.361. The minimum atomic E-state index is -3.57. The van der Waals surface area contributed by atoms with Crippen molar-refractivity contribution >= 4 is 21.0 Å². The number of imidazole rings is 1. The van der Waals surface area contributed by atoms with E-state index in [0.717, 1.165) is 0 Å². The molecule has 12 nitrogen and oxygen atoms in total. The summed E-state index contributed by atoms with van der Waals surface area (Å²) in [5.41, 5.74) is 2.19. The van der Waals surface area contributed by atoms with Crippen molar-refractivity contribution in [2.75, 3.05) is 34.2 Å². The molecule has 0 radical (unpaired) electrons. The lowest BCUT2D eigenvalue weighted by Crippen LogP contribution is -2.43. The Hall–Kier alpha value is -3.81. The number of aromatic nitrogens is 5. The molecule has 1 fully saturated rings. The smallest absolute Gasteiger partial charge is 0.213 e. The molecule has 5 rings (SSSR count). The van der Waals surface area contributed by atoms with Gasteiger partial charge in [0.1, 0.15) is 28.3 Å². The number of rotatable bonds is 9. The minimum Gasteiger partial charge on any atom is -0.494 e. The predicted molar refractivity (Wildman–Crippen MR) is 139 cm³/mol. The number of hydrogen-bond donors (Lipinski definition) is 1. The van der Waals surface area contributed by atoms with Crippen molar-refractivity contribution in [2.24, 2.45) is 0 Å². The quantitative estimate of drug-likeness (QED) is 0.335. The third kappa shape index (κ3) is 4.99. The van der Waals surface area contributed by atoms with Crippen LogP contribution < -0.4 is 19.5 Å². The molecule has 0 aliphatic carbocycles. The molecule has 1 unspecified atom stereocenters. The summed E-state index contributed by atoms with van der Waals surface area (Å²) >= 11 is 0. The zero-order chi connectivity index (χ0) is 26.7. The van der Waals surface area contributed by atoms with E-state index in [2.05, 4.69) is 20.5 Å². The van der Waals surface area contributed by atoms with Gasteiger partial charge in [-0.05, 0) is 31.2 Å². The number of hydrogen-bond acceptors (Lipinski definition) is 11. The summed E-state index contributed by atoms with van der Waals surface area (Å²) in [5, 5.41) is 10.7. The molecule has 0 spiro atoms. The Labute approximate surface area is 219 Å². The van der Waals surface area contributed by atoms with Gasteiger partial charge in [-0.25, -0.2) is 18.4 Å². The van der Waals surface area contributed by atoms with Gasteiger partial charge in [0.05, 0.1) is 51.1 Å². The molecular weight excluding hydrogens is 512 g/mol. The largest absolute Gasteiger partial charge is 0.494 e. The van der Waals surface area contributed by atoms with Crippen LogP contribution in [0.25, 0.3) is 28.4 Å². The second-order valence-corrected chi connectivity index (χ2v) is 10.6. The standard InChI is InChI=1S/C25H28N6O6S/c1-4-37-21-10-5-7-17(27-21)25-28-24-18(31(25)23-19(34-2)8-6-9-20(23)35-3)13-16(29-30-24)14-38(32,33)22-11-12-36-15-26-22/h5-10,13,22,26H,4,11-12,14-15H2,1-3H3. The highest BCUT2D eigenvalue weighted by Crippen LogP contribution is 2.38. The van der Waals surface area contributed by atoms with Crippen molar-refractivity contribution in [3.8, 4) is 34.6 Å². The Balaban J connectivity index is 1.70. The first kappa shape index (κ1) is 25.8. The maximum atomic E-state index is 13.1. The molecule has 0 bridgehead atoms. The summed E-state index contributed by atoms with van der Waals surface area (Å²) in [6.45, 7) is 2.90. The van der Waals surface area contributed by atoms with Crippen LogP contribution in [-0.4, -0.2) is 72.7 Å². The van der Waals surface area contributed by atoms with E-state index in [1.807, 2.05) is 19.1 Å². The average Bonchev–Trinajstić information content (AvgIpc) is 3.31. The van der Waals surface area contributed by atoms with Crippen LogP contribution >= 0.6 is 0 Å². The molecule has 38 heavy (non-hydrogen) atoms. The number of benzene rings is 1. The van der Waals surface area contributed by atoms with Gasteiger partial charge in [0.15, 0.2) is 15.7 Å². The second kappa shape index (κ2) is 10.9. The predicted octanol–water partition coefficient (Wildman–Crippen LogP) is 2.50. The lowest BCUT2D eigenvalue weighted by molar-refractivity contribution is 0.0766. The summed E-state index contributed by atoms with van der Waals surface area (Å²) in [6, 6.07) is 12.5. The van der Waals surface area contributed by atoms with Gasteiger partial charge in [-0.1, -0.05) is 12.1 Å². The molecule has 0 saturated carbocycles. The van der Waals surface area contributed by atoms with E-state index < -0.39 is 15.2 Å². The van der Waals surface area contributed by atoms with Crippen molar-refractivity contribution in [1.82, 2.24) is 30.0 Å². The van der Waals surface area contributed by atoms with Crippen LogP contribution in [0.15, 0.2) is 42.5 Å². The fourth-order valence-electron chi connectivity index (χ4n) is 4.34. The molecule has 1 aliphatic rings. The fraction of sp³-hybridized carbons (Fsp3) is 0.360. The number of fused-ring (bicyclic) bond motifs is 1. The number of nitrogens with one attached hydrogen (secondary N) is 1. The molecule has 1 aromatic carbocycles. The Morgan fingerprint density at radius 3 is 2.53 bits per heavy atom. The average molecular weight is 541 g/mol. The maximum absolute atomic E-state index is 13.1. The summed E-state index contributed by atoms with van der Waals surface area (Å²) in [7, 11) is -0.449. The van der Waals surface area contributed by atoms with Gasteiger partial charge in [0.25, 0.3) is 0 Å². The van der Waals surface area contributed by atoms with Gasteiger partial charge in [-0.3, -0.25) is 9.88 Å². The van der Waals surface area contributed by atoms with Crippen LogP contribution in [0, 0.1) is 0 Å². The van der Waals surface area contributed by atoms with E-state index >= 15 is 0 Å². The van der Waals surface area contributed by atoms with Gasteiger partial charge in [0, 0.05) is 12.5 Å². The molecular formula is C25H28N6O6S. The summed E-state index contributed by atoms with van der Waals surface area (Å²) < 4.78 is 50.2. The molecule has 0 amide bonds. The summed E-state index contributed by atoms with van der Waals surface area (Å²) in [5.74, 6) is 1.61. The van der Waals surface area contributed by atoms with Crippen LogP contribution in [0.1, 0.15) is 19.0 Å². The molecule has 3 aromatic heterocycles. The van der Waals surface area contributed by atoms with Crippen molar-refractivity contribution in [3.05, 3.63) is 48.2 Å². The van der Waals surface area contributed by atoms with Crippen LogP contribution in [0.5, 0.6) is 17.4 Å². The van der Waals surface area contributed by atoms with E-state index in [4.69, 9.17) is 23.9 Å². The molecule has 1 N–H and O–H groups in total. The number of para-hydroxylation sites is 1. The maximum Gasteiger partial charge on any atom is 0.213 e. The first-order valence-corrected chi connectivity index (χ1v) is 13.8. The Morgan fingerprint density at radius 1 is 1.08 bits per heavy atom. The molecule has 1 aliphatic heterocycles. The van der Waals surface area contributed by atoms with E-state index in [1.54, 1.807) is 49.1 Å². The monoisotopic (exact) mass is 540 g/mol. The first-order chi connectivity index (χ1) is 18.4. The van der Waals surface area contributed by atoms with E-state index in [1.165, 1.54) is 0 Å². The minimum absolute atomic E-state index is 0.187. The Bertz CT molecular complexity index is 1530. The highest BCUT2D eigenvalue weighted by molar-refractivity contribution is 7.91. The lowest BCUT2D eigenvalue weighted by Gasteiger charge is -2.23. The third-order valence-electron chi connectivity index (χ3n) is 6.06. The Morgan fingerprint density at radius 2 is 1.84 bits per heavy atom. The number of ether oxygens (including phenoxy) is 4.